The van der Waals surface area contributed by atoms with Crippen LogP contribution >= 0.6 is 0 Å². The summed E-state index contributed by atoms with van der Waals surface area (Å²) in [6.07, 6.45) is 2.26. The number of nitrogens with one attached hydrogen (secondary N) is 1. The summed E-state index contributed by atoms with van der Waals surface area (Å²) >= 11 is 0. The Bertz CT molecular complexity index is 534. The molecule has 0 amide bonds. The number of aryl methyl sites for hydroxylation is 1. The van der Waals surface area contributed by atoms with Gasteiger partial charge in [0.1, 0.15) is 0 Å². The molecule has 0 spiro atoms. The zero-order chi connectivity index (χ0) is 15.1. The molecule has 0 radical (unpaired) electrons. The van der Waals surface area contributed by atoms with E-state index in [-0.39, 0.29) is 0 Å². The first kappa shape index (κ1) is 15.6. The van der Waals surface area contributed by atoms with Crippen molar-refractivity contribution in [2.24, 2.45) is 0 Å². The van der Waals surface area contributed by atoms with E-state index >= 15 is 0 Å². The highest BCUT2D eigenvalue weighted by atomic mass is 15.1. The summed E-state index contributed by atoms with van der Waals surface area (Å²) in [4.78, 5) is 2.20. The predicted molar refractivity (Wildman–Crippen MR) is 91.7 cm³/mol. The van der Waals surface area contributed by atoms with Crippen LogP contribution in [-0.2, 0) is 13.0 Å². The number of rotatable bonds is 7. The Morgan fingerprint density at radius 3 is 2.33 bits per heavy atom. The molecule has 2 aromatic carbocycles. The van der Waals surface area contributed by atoms with E-state index in [1.54, 1.807) is 0 Å². The predicted octanol–water partition coefficient (Wildman–Crippen LogP) is 4.18. The number of benzene rings is 2. The first-order valence-electron chi connectivity index (χ1n) is 7.68. The summed E-state index contributed by atoms with van der Waals surface area (Å²) < 4.78 is 0. The van der Waals surface area contributed by atoms with Crippen molar-refractivity contribution >= 4 is 5.69 Å². The minimum absolute atomic E-state index is 0.466. The van der Waals surface area contributed by atoms with Crippen molar-refractivity contribution in [1.29, 1.82) is 0 Å². The third kappa shape index (κ3) is 5.24. The van der Waals surface area contributed by atoms with Crippen LogP contribution in [-0.4, -0.2) is 25.0 Å². The van der Waals surface area contributed by atoms with Crippen LogP contribution in [0.3, 0.4) is 0 Å². The molecule has 2 aromatic rings. The molecule has 0 aliphatic rings. The van der Waals surface area contributed by atoms with Gasteiger partial charge in [-0.25, -0.2) is 0 Å². The fraction of sp³-hybridized carbons (Fsp3) is 0.368. The van der Waals surface area contributed by atoms with E-state index in [0.29, 0.717) is 6.04 Å². The summed E-state index contributed by atoms with van der Waals surface area (Å²) in [5.41, 5.74) is 4.02. The second-order valence-electron chi connectivity index (χ2n) is 5.96. The molecule has 0 aliphatic heterocycles. The second-order valence-corrected chi connectivity index (χ2v) is 5.96. The van der Waals surface area contributed by atoms with E-state index in [4.69, 9.17) is 0 Å². The van der Waals surface area contributed by atoms with Gasteiger partial charge in [-0.1, -0.05) is 48.5 Å². The summed E-state index contributed by atoms with van der Waals surface area (Å²) in [6.45, 7) is 3.23. The average Bonchev–Trinajstić information content (AvgIpc) is 2.48. The quantitative estimate of drug-likeness (QED) is 0.819. The van der Waals surface area contributed by atoms with Gasteiger partial charge in [-0.15, -0.1) is 0 Å². The Labute approximate surface area is 128 Å². The van der Waals surface area contributed by atoms with Crippen molar-refractivity contribution in [3.63, 3.8) is 0 Å². The van der Waals surface area contributed by atoms with Crippen LogP contribution in [0.5, 0.6) is 0 Å². The molecule has 0 aliphatic carbocycles. The van der Waals surface area contributed by atoms with Gasteiger partial charge in [0.25, 0.3) is 0 Å². The monoisotopic (exact) mass is 282 g/mol. The van der Waals surface area contributed by atoms with E-state index in [1.807, 2.05) is 0 Å². The zero-order valence-electron chi connectivity index (χ0n) is 13.3. The van der Waals surface area contributed by atoms with Crippen molar-refractivity contribution in [3.05, 3.63) is 65.7 Å². The smallest absolute Gasteiger partial charge is 0.0387 e. The highest BCUT2D eigenvalue weighted by molar-refractivity contribution is 5.51. The van der Waals surface area contributed by atoms with Crippen LogP contribution in [0.4, 0.5) is 5.69 Å². The molecule has 0 fully saturated rings. The SMILES string of the molecule is CC(CCc1ccccc1)Nc1ccccc1CN(C)C. The Morgan fingerprint density at radius 2 is 1.62 bits per heavy atom. The average molecular weight is 282 g/mol. The van der Waals surface area contributed by atoms with E-state index in [0.717, 1.165) is 19.4 Å². The number of hydrogen-bond donors (Lipinski definition) is 1. The lowest BCUT2D eigenvalue weighted by Crippen LogP contribution is -2.19. The third-order valence-corrected chi connectivity index (χ3v) is 3.61. The molecule has 21 heavy (non-hydrogen) atoms. The van der Waals surface area contributed by atoms with Crippen molar-refractivity contribution in [3.8, 4) is 0 Å². The molecule has 1 N–H and O–H groups in total. The minimum Gasteiger partial charge on any atom is -0.382 e. The van der Waals surface area contributed by atoms with Gasteiger partial charge in [-0.05, 0) is 51.1 Å². The minimum atomic E-state index is 0.466. The van der Waals surface area contributed by atoms with Gasteiger partial charge in [-0.3, -0.25) is 0 Å². The van der Waals surface area contributed by atoms with Crippen molar-refractivity contribution in [2.75, 3.05) is 19.4 Å². The Balaban J connectivity index is 1.92. The van der Waals surface area contributed by atoms with Crippen LogP contribution < -0.4 is 5.32 Å². The second kappa shape index (κ2) is 7.84. The summed E-state index contributed by atoms with van der Waals surface area (Å²) in [5.74, 6) is 0. The van der Waals surface area contributed by atoms with E-state index in [9.17, 15) is 0 Å². The lowest BCUT2D eigenvalue weighted by Gasteiger charge is -2.20. The molecule has 112 valence electrons. The van der Waals surface area contributed by atoms with Gasteiger partial charge >= 0.3 is 0 Å². The van der Waals surface area contributed by atoms with Crippen LogP contribution in [0.25, 0.3) is 0 Å². The normalized spacial score (nSPS) is 12.4. The highest BCUT2D eigenvalue weighted by Gasteiger charge is 2.07. The van der Waals surface area contributed by atoms with Gasteiger partial charge in [0.15, 0.2) is 0 Å². The molecule has 0 bridgehead atoms. The molecule has 2 heteroatoms. The molecule has 2 nitrogen and oxygen atoms in total. The van der Waals surface area contributed by atoms with E-state index in [1.165, 1.54) is 16.8 Å². The number of nitrogens with zero attached hydrogens (tertiary/aromatic N) is 1. The fourth-order valence-electron chi connectivity index (χ4n) is 2.51. The molecule has 2 rings (SSSR count). The maximum Gasteiger partial charge on any atom is 0.0387 e. The number of anilines is 1. The third-order valence-electron chi connectivity index (χ3n) is 3.61. The zero-order valence-corrected chi connectivity index (χ0v) is 13.3. The molecular formula is C19H26N2. The van der Waals surface area contributed by atoms with Gasteiger partial charge in [-0.2, -0.15) is 0 Å². The number of hydrogen-bond acceptors (Lipinski definition) is 2. The lowest BCUT2D eigenvalue weighted by atomic mass is 10.1. The first-order chi connectivity index (χ1) is 10.1. The standard InChI is InChI=1S/C19H26N2/c1-16(13-14-17-9-5-4-6-10-17)20-19-12-8-7-11-18(19)15-21(2)3/h4-12,16,20H,13-15H2,1-3H3. The van der Waals surface area contributed by atoms with Crippen LogP contribution in [0, 0.1) is 0 Å². The summed E-state index contributed by atoms with van der Waals surface area (Å²) in [5, 5.41) is 3.66. The van der Waals surface area contributed by atoms with E-state index < -0.39 is 0 Å². The molecule has 0 saturated carbocycles. The molecule has 0 saturated heterocycles. The van der Waals surface area contributed by atoms with Crippen LogP contribution in [0.1, 0.15) is 24.5 Å². The topological polar surface area (TPSA) is 15.3 Å². The summed E-state index contributed by atoms with van der Waals surface area (Å²) in [6, 6.07) is 19.8. The maximum atomic E-state index is 3.66. The number of para-hydroxylation sites is 1. The molecule has 0 aromatic heterocycles. The van der Waals surface area contributed by atoms with Crippen LogP contribution in [0.15, 0.2) is 54.6 Å². The Kier molecular flexibility index (Phi) is 5.82. The van der Waals surface area contributed by atoms with Gasteiger partial charge in [0, 0.05) is 18.3 Å². The van der Waals surface area contributed by atoms with Crippen molar-refractivity contribution in [2.45, 2.75) is 32.4 Å². The van der Waals surface area contributed by atoms with E-state index in [2.05, 4.69) is 85.8 Å². The maximum absolute atomic E-state index is 3.66. The molecule has 1 unspecified atom stereocenters. The van der Waals surface area contributed by atoms with Gasteiger partial charge in [0.2, 0.25) is 0 Å². The van der Waals surface area contributed by atoms with Gasteiger partial charge < -0.3 is 10.2 Å². The van der Waals surface area contributed by atoms with Crippen molar-refractivity contribution in [1.82, 2.24) is 4.90 Å². The largest absolute Gasteiger partial charge is 0.382 e. The lowest BCUT2D eigenvalue weighted by molar-refractivity contribution is 0.403. The van der Waals surface area contributed by atoms with Crippen molar-refractivity contribution < 1.29 is 0 Å². The molecule has 1 atom stereocenters. The Hall–Kier alpha value is -1.80. The molecular weight excluding hydrogens is 256 g/mol. The summed E-state index contributed by atoms with van der Waals surface area (Å²) in [7, 11) is 4.21. The van der Waals surface area contributed by atoms with Crippen LogP contribution in [0.2, 0.25) is 0 Å². The Morgan fingerprint density at radius 1 is 0.952 bits per heavy atom. The molecule has 0 heterocycles. The van der Waals surface area contributed by atoms with Gasteiger partial charge in [0.05, 0.1) is 0 Å². The highest BCUT2D eigenvalue weighted by Crippen LogP contribution is 2.18. The fourth-order valence-corrected chi connectivity index (χ4v) is 2.51. The first-order valence-corrected chi connectivity index (χ1v) is 7.68.